The Kier molecular flexibility index (Phi) is 11.8. The molecule has 1 aromatic rings. The van der Waals surface area contributed by atoms with E-state index in [-0.39, 0.29) is 36.6 Å². The summed E-state index contributed by atoms with van der Waals surface area (Å²) in [6.45, 7) is 15.1. The Morgan fingerprint density at radius 2 is 1.91 bits per heavy atom. The molecule has 0 radical (unpaired) electrons. The molecule has 3 N–H and O–H groups in total. The molecule has 10 heteroatoms. The molecule has 2 rings (SSSR count). The number of nitrogens with one attached hydrogen (secondary N) is 2. The van der Waals surface area contributed by atoms with E-state index in [1.807, 2.05) is 27.7 Å². The molecule has 1 saturated heterocycles. The van der Waals surface area contributed by atoms with Gasteiger partial charge >= 0.3 is 6.09 Å². The number of aliphatic hydroxyl groups is 1. The Hall–Kier alpha value is -1.53. The summed E-state index contributed by atoms with van der Waals surface area (Å²) in [7, 11) is 0. The number of piperazine rings is 1. The first-order valence-electron chi connectivity index (χ1n) is 11.1. The second kappa shape index (κ2) is 13.2. The SMILES string of the molecule is CCNC(=NCC(C)(O)c1ccco1)NCCCN1CCN(C(=O)OC(C)(C)C)CC1.I. The highest BCUT2D eigenvalue weighted by Gasteiger charge is 2.27. The van der Waals surface area contributed by atoms with Crippen LogP contribution in [0.4, 0.5) is 4.79 Å². The molecule has 0 aromatic carbocycles. The Bertz CT molecular complexity index is 696. The highest BCUT2D eigenvalue weighted by Crippen LogP contribution is 2.21. The number of nitrogens with zero attached hydrogens (tertiary/aromatic N) is 3. The van der Waals surface area contributed by atoms with Crippen LogP contribution in [0, 0.1) is 0 Å². The summed E-state index contributed by atoms with van der Waals surface area (Å²) < 4.78 is 10.7. The van der Waals surface area contributed by atoms with Crippen LogP contribution in [0.3, 0.4) is 0 Å². The highest BCUT2D eigenvalue weighted by molar-refractivity contribution is 14.0. The van der Waals surface area contributed by atoms with Crippen molar-refractivity contribution < 1.29 is 19.1 Å². The minimum atomic E-state index is -1.15. The zero-order valence-corrected chi connectivity index (χ0v) is 22.3. The first kappa shape index (κ1) is 28.5. The van der Waals surface area contributed by atoms with Crippen LogP contribution in [0.2, 0.25) is 0 Å². The van der Waals surface area contributed by atoms with Crippen molar-refractivity contribution in [2.75, 3.05) is 52.4 Å². The van der Waals surface area contributed by atoms with Crippen LogP contribution in [0.15, 0.2) is 27.8 Å². The Labute approximate surface area is 209 Å². The normalized spacial score (nSPS) is 17.3. The molecule has 32 heavy (non-hydrogen) atoms. The van der Waals surface area contributed by atoms with Crippen LogP contribution in [-0.4, -0.2) is 84.9 Å². The molecule has 1 aliphatic heterocycles. The van der Waals surface area contributed by atoms with E-state index in [0.717, 1.165) is 39.1 Å². The number of furan rings is 1. The number of hydrogen-bond donors (Lipinski definition) is 3. The van der Waals surface area contributed by atoms with E-state index in [4.69, 9.17) is 9.15 Å². The molecule has 0 aliphatic carbocycles. The summed E-state index contributed by atoms with van der Waals surface area (Å²) in [5.74, 6) is 1.17. The molecule has 1 aromatic heterocycles. The minimum absolute atomic E-state index is 0. The zero-order chi connectivity index (χ0) is 22.9. The number of halogens is 1. The molecule has 1 atom stereocenters. The fourth-order valence-corrected chi connectivity index (χ4v) is 3.23. The molecular weight excluding hydrogens is 525 g/mol. The van der Waals surface area contributed by atoms with Gasteiger partial charge in [-0.25, -0.2) is 9.79 Å². The maximum atomic E-state index is 12.2. The van der Waals surface area contributed by atoms with Gasteiger partial charge < -0.3 is 29.8 Å². The Morgan fingerprint density at radius 1 is 1.22 bits per heavy atom. The van der Waals surface area contributed by atoms with Gasteiger partial charge in [-0.1, -0.05) is 0 Å². The molecular formula is C22H40IN5O4. The lowest BCUT2D eigenvalue weighted by Gasteiger charge is -2.35. The van der Waals surface area contributed by atoms with E-state index in [1.165, 1.54) is 0 Å². The van der Waals surface area contributed by atoms with Gasteiger partial charge in [0.15, 0.2) is 5.96 Å². The van der Waals surface area contributed by atoms with E-state index in [2.05, 4.69) is 20.5 Å². The summed E-state index contributed by atoms with van der Waals surface area (Å²) in [5.41, 5.74) is -1.61. The number of ether oxygens (including phenoxy) is 1. The molecule has 1 unspecified atom stereocenters. The Morgan fingerprint density at radius 3 is 2.47 bits per heavy atom. The second-order valence-electron chi connectivity index (χ2n) is 9.04. The minimum Gasteiger partial charge on any atom is -0.466 e. The van der Waals surface area contributed by atoms with Crippen molar-refractivity contribution in [2.24, 2.45) is 4.99 Å². The summed E-state index contributed by atoms with van der Waals surface area (Å²) in [5, 5.41) is 17.1. The third-order valence-electron chi connectivity index (χ3n) is 4.91. The van der Waals surface area contributed by atoms with Crippen LogP contribution >= 0.6 is 24.0 Å². The van der Waals surface area contributed by atoms with E-state index < -0.39 is 11.2 Å². The van der Waals surface area contributed by atoms with Gasteiger partial charge in [-0.3, -0.25) is 4.90 Å². The standard InChI is InChI=1S/C22H39N5O4.HI/c1-6-23-19(25-17-22(5,29)18-9-7-16-30-18)24-10-8-11-26-12-14-27(15-13-26)20(28)31-21(2,3)4;/h7,9,16,29H,6,8,10-15,17H2,1-5H3,(H2,23,24,25);1H. The lowest BCUT2D eigenvalue weighted by atomic mass is 10.0. The molecule has 0 saturated carbocycles. The van der Waals surface area contributed by atoms with Crippen molar-refractivity contribution >= 4 is 36.0 Å². The number of carbonyl (C=O) groups excluding carboxylic acids is 1. The van der Waals surface area contributed by atoms with Crippen molar-refractivity contribution in [1.29, 1.82) is 0 Å². The number of guanidine groups is 1. The molecule has 1 amide bonds. The molecule has 1 fully saturated rings. The zero-order valence-electron chi connectivity index (χ0n) is 20.0. The molecule has 9 nitrogen and oxygen atoms in total. The van der Waals surface area contributed by atoms with Gasteiger partial charge in [0.05, 0.1) is 12.8 Å². The monoisotopic (exact) mass is 565 g/mol. The number of aliphatic imine (C=N–C) groups is 1. The number of carbonyl (C=O) groups is 1. The van der Waals surface area contributed by atoms with Crippen molar-refractivity contribution in [3.05, 3.63) is 24.2 Å². The van der Waals surface area contributed by atoms with Crippen molar-refractivity contribution in [3.8, 4) is 0 Å². The average molecular weight is 565 g/mol. The van der Waals surface area contributed by atoms with Crippen LogP contribution in [0.25, 0.3) is 0 Å². The van der Waals surface area contributed by atoms with Crippen LogP contribution < -0.4 is 10.6 Å². The lowest BCUT2D eigenvalue weighted by molar-refractivity contribution is 0.0145. The van der Waals surface area contributed by atoms with Gasteiger partial charge in [0.1, 0.15) is 17.0 Å². The van der Waals surface area contributed by atoms with E-state index in [0.29, 0.717) is 24.8 Å². The molecule has 1 aliphatic rings. The van der Waals surface area contributed by atoms with Crippen molar-refractivity contribution in [2.45, 2.75) is 52.2 Å². The molecule has 0 bridgehead atoms. The number of amides is 1. The van der Waals surface area contributed by atoms with E-state index in [9.17, 15) is 9.90 Å². The second-order valence-corrected chi connectivity index (χ2v) is 9.04. The van der Waals surface area contributed by atoms with Crippen LogP contribution in [-0.2, 0) is 10.3 Å². The summed E-state index contributed by atoms with van der Waals surface area (Å²) in [6, 6.07) is 3.50. The van der Waals surface area contributed by atoms with Gasteiger partial charge in [-0.15, -0.1) is 24.0 Å². The first-order chi connectivity index (χ1) is 14.6. The van der Waals surface area contributed by atoms with Gasteiger partial charge in [-0.05, 0) is 59.7 Å². The predicted octanol–water partition coefficient (Wildman–Crippen LogP) is 2.60. The first-order valence-corrected chi connectivity index (χ1v) is 11.1. The smallest absolute Gasteiger partial charge is 0.410 e. The topological polar surface area (TPSA) is 103 Å². The van der Waals surface area contributed by atoms with E-state index >= 15 is 0 Å². The van der Waals surface area contributed by atoms with Crippen molar-refractivity contribution in [3.63, 3.8) is 0 Å². The van der Waals surface area contributed by atoms with Gasteiger partial charge in [0.2, 0.25) is 0 Å². The van der Waals surface area contributed by atoms with Crippen LogP contribution in [0.1, 0.15) is 46.8 Å². The number of hydrogen-bond acceptors (Lipinski definition) is 6. The molecule has 2 heterocycles. The van der Waals surface area contributed by atoms with E-state index in [1.54, 1.807) is 30.2 Å². The lowest BCUT2D eigenvalue weighted by Crippen LogP contribution is -2.50. The molecule has 0 spiro atoms. The number of rotatable bonds is 8. The fraction of sp³-hybridized carbons (Fsp3) is 0.727. The van der Waals surface area contributed by atoms with Crippen molar-refractivity contribution in [1.82, 2.24) is 20.4 Å². The predicted molar refractivity (Wildman–Crippen MR) is 137 cm³/mol. The third kappa shape index (κ3) is 9.95. The average Bonchev–Trinajstić information content (AvgIpc) is 3.24. The van der Waals surface area contributed by atoms with Gasteiger partial charge in [-0.2, -0.15) is 0 Å². The Balaban J connectivity index is 0.00000512. The van der Waals surface area contributed by atoms with Crippen LogP contribution in [0.5, 0.6) is 0 Å². The molecule has 184 valence electrons. The fourth-order valence-electron chi connectivity index (χ4n) is 3.23. The summed E-state index contributed by atoms with van der Waals surface area (Å²) in [6.07, 6.45) is 2.26. The maximum Gasteiger partial charge on any atom is 0.410 e. The van der Waals surface area contributed by atoms with Gasteiger partial charge in [0.25, 0.3) is 0 Å². The highest BCUT2D eigenvalue weighted by atomic mass is 127. The van der Waals surface area contributed by atoms with Gasteiger partial charge in [0, 0.05) is 39.3 Å². The largest absolute Gasteiger partial charge is 0.466 e. The quantitative estimate of drug-likeness (QED) is 0.193. The maximum absolute atomic E-state index is 12.2. The summed E-state index contributed by atoms with van der Waals surface area (Å²) >= 11 is 0. The third-order valence-corrected chi connectivity index (χ3v) is 4.91. The summed E-state index contributed by atoms with van der Waals surface area (Å²) in [4.78, 5) is 20.8.